The van der Waals surface area contributed by atoms with Gasteiger partial charge in [-0.15, -0.1) is 0 Å². The molecule has 0 aromatic heterocycles. The molecule has 1 saturated heterocycles. The van der Waals surface area contributed by atoms with Crippen molar-refractivity contribution in [2.45, 2.75) is 19.0 Å². The second-order valence-corrected chi connectivity index (χ2v) is 7.36. The predicted octanol–water partition coefficient (Wildman–Crippen LogP) is 4.15. The number of carbonyl (C=O) groups excluding carboxylic acids is 2. The van der Waals surface area contributed by atoms with Crippen molar-refractivity contribution in [3.63, 3.8) is 0 Å². The van der Waals surface area contributed by atoms with Crippen LogP contribution >= 0.6 is 0 Å². The standard InChI is InChI=1S/C25H23FN2O2/c1-2-18-7-11-21(12-8-18)25(23-6-4-3-5-20(23)17-29)27-15-16-28(25)24(30)19-9-13-22(26)14-10-19/h3-14,17,27H,2,15-16H2,1H3. The minimum atomic E-state index is -0.991. The van der Waals surface area contributed by atoms with Crippen LogP contribution in [-0.2, 0) is 12.1 Å². The summed E-state index contributed by atoms with van der Waals surface area (Å²) in [5.74, 6) is -0.612. The van der Waals surface area contributed by atoms with E-state index < -0.39 is 5.66 Å². The number of nitrogens with zero attached hydrogens (tertiary/aromatic N) is 1. The molecular formula is C25H23FN2O2. The summed E-state index contributed by atoms with van der Waals surface area (Å²) < 4.78 is 13.4. The van der Waals surface area contributed by atoms with Crippen LogP contribution in [0.5, 0.6) is 0 Å². The van der Waals surface area contributed by atoms with Gasteiger partial charge in [0.2, 0.25) is 0 Å². The molecule has 1 aliphatic rings. The van der Waals surface area contributed by atoms with E-state index >= 15 is 0 Å². The van der Waals surface area contributed by atoms with E-state index in [-0.39, 0.29) is 11.7 Å². The van der Waals surface area contributed by atoms with Gasteiger partial charge in [-0.3, -0.25) is 14.9 Å². The van der Waals surface area contributed by atoms with Crippen LogP contribution in [0.2, 0.25) is 0 Å². The fourth-order valence-electron chi connectivity index (χ4n) is 4.18. The van der Waals surface area contributed by atoms with E-state index in [1.807, 2.05) is 42.5 Å². The maximum Gasteiger partial charge on any atom is 0.255 e. The average molecular weight is 402 g/mol. The lowest BCUT2D eigenvalue weighted by molar-refractivity contribution is 0.0625. The lowest BCUT2D eigenvalue weighted by Crippen LogP contribution is -2.52. The minimum absolute atomic E-state index is 0.222. The highest BCUT2D eigenvalue weighted by molar-refractivity contribution is 5.95. The Morgan fingerprint density at radius 3 is 2.43 bits per heavy atom. The Bertz CT molecular complexity index is 1060. The molecule has 4 nitrogen and oxygen atoms in total. The third-order valence-corrected chi connectivity index (χ3v) is 5.71. The number of nitrogens with one attached hydrogen (secondary N) is 1. The van der Waals surface area contributed by atoms with E-state index in [1.54, 1.807) is 11.0 Å². The lowest BCUT2D eigenvalue weighted by atomic mass is 9.86. The molecule has 1 atom stereocenters. The van der Waals surface area contributed by atoms with Crippen LogP contribution in [-0.4, -0.2) is 30.2 Å². The molecule has 0 aliphatic carbocycles. The molecule has 1 N–H and O–H groups in total. The van der Waals surface area contributed by atoms with Gasteiger partial charge in [-0.25, -0.2) is 4.39 Å². The fourth-order valence-corrected chi connectivity index (χ4v) is 4.18. The van der Waals surface area contributed by atoms with E-state index in [9.17, 15) is 14.0 Å². The monoisotopic (exact) mass is 402 g/mol. The van der Waals surface area contributed by atoms with Crippen molar-refractivity contribution in [3.8, 4) is 0 Å². The first kappa shape index (κ1) is 20.0. The van der Waals surface area contributed by atoms with E-state index in [0.717, 1.165) is 23.8 Å². The molecule has 0 spiro atoms. The summed E-state index contributed by atoms with van der Waals surface area (Å²) in [7, 11) is 0. The molecule has 1 heterocycles. The first-order valence-electron chi connectivity index (χ1n) is 10.1. The molecule has 3 aromatic rings. The largest absolute Gasteiger partial charge is 0.311 e. The smallest absolute Gasteiger partial charge is 0.255 e. The van der Waals surface area contributed by atoms with Gasteiger partial charge < -0.3 is 4.90 Å². The van der Waals surface area contributed by atoms with Gasteiger partial charge in [0.05, 0.1) is 0 Å². The van der Waals surface area contributed by atoms with Gasteiger partial charge in [0, 0.05) is 29.8 Å². The molecule has 1 aliphatic heterocycles. The molecule has 1 amide bonds. The molecule has 30 heavy (non-hydrogen) atoms. The van der Waals surface area contributed by atoms with Crippen molar-refractivity contribution < 1.29 is 14.0 Å². The van der Waals surface area contributed by atoms with Crippen molar-refractivity contribution in [3.05, 3.63) is 106 Å². The van der Waals surface area contributed by atoms with Crippen LogP contribution in [0, 0.1) is 5.82 Å². The number of rotatable bonds is 5. The average Bonchev–Trinajstić information content (AvgIpc) is 3.25. The number of carbonyl (C=O) groups is 2. The summed E-state index contributed by atoms with van der Waals surface area (Å²) in [6, 6.07) is 21.0. The maximum atomic E-state index is 13.5. The highest BCUT2D eigenvalue weighted by Gasteiger charge is 2.47. The van der Waals surface area contributed by atoms with E-state index in [0.29, 0.717) is 24.2 Å². The second kappa shape index (κ2) is 8.20. The SMILES string of the molecule is CCc1ccc(C2(c3ccccc3C=O)NCCN2C(=O)c2ccc(F)cc2)cc1. The van der Waals surface area contributed by atoms with Gasteiger partial charge >= 0.3 is 0 Å². The zero-order valence-electron chi connectivity index (χ0n) is 16.8. The van der Waals surface area contributed by atoms with Crippen LogP contribution < -0.4 is 5.32 Å². The van der Waals surface area contributed by atoms with Gasteiger partial charge in [0.1, 0.15) is 17.8 Å². The lowest BCUT2D eigenvalue weighted by Gasteiger charge is -2.40. The van der Waals surface area contributed by atoms with E-state index in [4.69, 9.17) is 0 Å². The normalized spacial score (nSPS) is 18.4. The van der Waals surface area contributed by atoms with Gasteiger partial charge in [0.15, 0.2) is 0 Å². The van der Waals surface area contributed by atoms with Crippen molar-refractivity contribution in [1.82, 2.24) is 10.2 Å². The summed E-state index contributed by atoms with van der Waals surface area (Å²) in [6.45, 7) is 3.11. The van der Waals surface area contributed by atoms with Gasteiger partial charge in [-0.1, -0.05) is 55.5 Å². The Hall–Kier alpha value is -3.31. The molecular weight excluding hydrogens is 379 g/mol. The topological polar surface area (TPSA) is 49.4 Å². The summed E-state index contributed by atoms with van der Waals surface area (Å²) >= 11 is 0. The molecule has 0 saturated carbocycles. The van der Waals surface area contributed by atoms with Gasteiger partial charge in [-0.2, -0.15) is 0 Å². The third kappa shape index (κ3) is 3.31. The predicted molar refractivity (Wildman–Crippen MR) is 114 cm³/mol. The molecule has 1 unspecified atom stereocenters. The van der Waals surface area contributed by atoms with Crippen molar-refractivity contribution in [2.24, 2.45) is 0 Å². The highest BCUT2D eigenvalue weighted by atomic mass is 19.1. The van der Waals surface area contributed by atoms with Crippen molar-refractivity contribution >= 4 is 12.2 Å². The van der Waals surface area contributed by atoms with Crippen molar-refractivity contribution in [2.75, 3.05) is 13.1 Å². The van der Waals surface area contributed by atoms with Crippen LogP contribution in [0.4, 0.5) is 4.39 Å². The van der Waals surface area contributed by atoms with Crippen LogP contribution in [0.15, 0.2) is 72.8 Å². The highest BCUT2D eigenvalue weighted by Crippen LogP contribution is 2.39. The summed E-state index contributed by atoms with van der Waals surface area (Å²) in [6.07, 6.45) is 1.72. The summed E-state index contributed by atoms with van der Waals surface area (Å²) in [4.78, 5) is 27.1. The summed E-state index contributed by atoms with van der Waals surface area (Å²) in [5, 5.41) is 3.50. The van der Waals surface area contributed by atoms with Gasteiger partial charge in [-0.05, 0) is 41.8 Å². The number of hydrogen-bond acceptors (Lipinski definition) is 3. The first-order valence-corrected chi connectivity index (χ1v) is 10.1. The number of hydrogen-bond donors (Lipinski definition) is 1. The summed E-state index contributed by atoms with van der Waals surface area (Å²) in [5.41, 5.74) is 2.71. The molecule has 4 rings (SSSR count). The number of halogens is 1. The van der Waals surface area contributed by atoms with Gasteiger partial charge in [0.25, 0.3) is 5.91 Å². The zero-order chi connectivity index (χ0) is 21.1. The first-order chi connectivity index (χ1) is 14.6. The molecule has 0 bridgehead atoms. The Labute approximate surface area is 175 Å². The van der Waals surface area contributed by atoms with Crippen molar-refractivity contribution in [1.29, 1.82) is 0 Å². The van der Waals surface area contributed by atoms with E-state index in [1.165, 1.54) is 29.8 Å². The number of aryl methyl sites for hydroxylation is 1. The Morgan fingerprint density at radius 2 is 1.77 bits per heavy atom. The Balaban J connectivity index is 1.90. The molecule has 0 radical (unpaired) electrons. The third-order valence-electron chi connectivity index (χ3n) is 5.71. The maximum absolute atomic E-state index is 13.5. The quantitative estimate of drug-likeness (QED) is 0.653. The molecule has 5 heteroatoms. The number of amides is 1. The minimum Gasteiger partial charge on any atom is -0.311 e. The molecule has 152 valence electrons. The van der Waals surface area contributed by atoms with Crippen LogP contribution in [0.1, 0.15) is 44.3 Å². The zero-order valence-corrected chi connectivity index (χ0v) is 16.8. The van der Waals surface area contributed by atoms with E-state index in [2.05, 4.69) is 12.2 Å². The molecule has 3 aromatic carbocycles. The molecule has 1 fully saturated rings. The van der Waals surface area contributed by atoms with Crippen LogP contribution in [0.3, 0.4) is 0 Å². The number of aldehydes is 1. The Morgan fingerprint density at radius 1 is 1.07 bits per heavy atom. The second-order valence-electron chi connectivity index (χ2n) is 7.36. The van der Waals surface area contributed by atoms with Crippen LogP contribution in [0.25, 0.3) is 0 Å². The number of benzene rings is 3. The Kier molecular flexibility index (Phi) is 5.46. The fraction of sp³-hybridized carbons (Fsp3) is 0.200.